The Morgan fingerprint density at radius 3 is 2.37 bits per heavy atom. The molecule has 178 valence electrons. The summed E-state index contributed by atoms with van der Waals surface area (Å²) in [6.07, 6.45) is 1.00. The predicted octanol–water partition coefficient (Wildman–Crippen LogP) is 5.01. The monoisotopic (exact) mass is 501 g/mol. The summed E-state index contributed by atoms with van der Waals surface area (Å²) in [6, 6.07) is 12.0. The third-order valence-electron chi connectivity index (χ3n) is 5.22. The maximum Gasteiger partial charge on any atom is 0.323 e. The topological polar surface area (TPSA) is 94.1 Å². The zero-order valence-corrected chi connectivity index (χ0v) is 18.5. The summed E-state index contributed by atoms with van der Waals surface area (Å²) in [6.45, 7) is -1.02. The minimum Gasteiger partial charge on any atom is -0.456 e. The first-order valence-electron chi connectivity index (χ1n) is 10.0. The second kappa shape index (κ2) is 9.36. The maximum absolute atomic E-state index is 15.8. The average Bonchev–Trinajstić information content (AvgIpc) is 3.23. The van der Waals surface area contributed by atoms with Crippen molar-refractivity contribution in [1.82, 2.24) is 9.99 Å². The SMILES string of the molecule is N#Cc1ccc(Oc2ccc(C(F)(F)C(O)(CN3N=NCC3=S)c3ccc(F)cc3F)nc2)cc1. The fourth-order valence-corrected chi connectivity index (χ4v) is 3.55. The fourth-order valence-electron chi connectivity index (χ4n) is 3.39. The normalized spacial score (nSPS) is 15.1. The van der Waals surface area contributed by atoms with Gasteiger partial charge < -0.3 is 9.84 Å². The van der Waals surface area contributed by atoms with Crippen LogP contribution in [0.15, 0.2) is 71.1 Å². The summed E-state index contributed by atoms with van der Waals surface area (Å²) in [7, 11) is 0. The molecule has 12 heteroatoms. The van der Waals surface area contributed by atoms with Crippen molar-refractivity contribution in [2.24, 2.45) is 10.3 Å². The van der Waals surface area contributed by atoms with Crippen LogP contribution in [0.25, 0.3) is 0 Å². The Balaban J connectivity index is 1.68. The van der Waals surface area contributed by atoms with E-state index in [4.69, 9.17) is 22.2 Å². The molecule has 2 heterocycles. The number of rotatable bonds is 7. The third-order valence-corrected chi connectivity index (χ3v) is 5.56. The highest BCUT2D eigenvalue weighted by Crippen LogP contribution is 2.46. The first-order chi connectivity index (χ1) is 16.6. The van der Waals surface area contributed by atoms with E-state index in [-0.39, 0.29) is 17.3 Å². The molecule has 0 fully saturated rings. The van der Waals surface area contributed by atoms with Gasteiger partial charge in [0.1, 0.15) is 40.4 Å². The van der Waals surface area contributed by atoms with E-state index in [1.165, 1.54) is 30.3 Å². The van der Waals surface area contributed by atoms with E-state index >= 15 is 8.78 Å². The highest BCUT2D eigenvalue weighted by Gasteiger charge is 2.58. The van der Waals surface area contributed by atoms with Crippen molar-refractivity contribution < 1.29 is 27.4 Å². The van der Waals surface area contributed by atoms with Crippen molar-refractivity contribution in [1.29, 1.82) is 5.26 Å². The quantitative estimate of drug-likeness (QED) is 0.361. The van der Waals surface area contributed by atoms with Gasteiger partial charge in [-0.3, -0.25) is 4.98 Å². The lowest BCUT2D eigenvalue weighted by molar-refractivity contribution is -0.203. The molecule has 1 atom stereocenters. The van der Waals surface area contributed by atoms with Crippen LogP contribution in [0.1, 0.15) is 16.8 Å². The molecule has 1 aliphatic rings. The predicted molar refractivity (Wildman–Crippen MR) is 119 cm³/mol. The van der Waals surface area contributed by atoms with Gasteiger partial charge in [0.05, 0.1) is 24.4 Å². The van der Waals surface area contributed by atoms with Crippen molar-refractivity contribution in [3.8, 4) is 17.6 Å². The van der Waals surface area contributed by atoms with Crippen LogP contribution < -0.4 is 4.74 Å². The zero-order chi connectivity index (χ0) is 25.2. The van der Waals surface area contributed by atoms with Crippen LogP contribution in [-0.4, -0.2) is 33.2 Å². The molecule has 0 saturated heterocycles. The van der Waals surface area contributed by atoms with E-state index < -0.39 is 41.0 Å². The Hall–Kier alpha value is -3.95. The highest BCUT2D eigenvalue weighted by molar-refractivity contribution is 7.80. The summed E-state index contributed by atoms with van der Waals surface area (Å²) in [5.74, 6) is -6.14. The van der Waals surface area contributed by atoms with Crippen LogP contribution in [0.5, 0.6) is 11.5 Å². The molecule has 35 heavy (non-hydrogen) atoms. The standard InChI is InChI=1S/C23H15F4N5O2S/c24-15-3-7-18(19(25)9-15)22(33,13-32-21(35)12-30-31-32)23(26,27)20-8-6-17(11-29-20)34-16-4-1-14(10-28)2-5-16/h1-9,11,33H,12-13H2. The number of nitriles is 1. The van der Waals surface area contributed by atoms with Gasteiger partial charge in [0.2, 0.25) is 0 Å². The molecule has 1 N–H and O–H groups in total. The molecule has 0 bridgehead atoms. The number of ether oxygens (including phenoxy) is 1. The van der Waals surface area contributed by atoms with Crippen molar-refractivity contribution in [2.75, 3.05) is 13.1 Å². The van der Waals surface area contributed by atoms with Gasteiger partial charge in [-0.25, -0.2) is 13.8 Å². The minimum absolute atomic E-state index is 0.0425. The molecule has 1 unspecified atom stereocenters. The second-order valence-corrected chi connectivity index (χ2v) is 7.99. The Morgan fingerprint density at radius 2 is 1.80 bits per heavy atom. The molecule has 0 aliphatic carbocycles. The van der Waals surface area contributed by atoms with Gasteiger partial charge in [0.25, 0.3) is 0 Å². The zero-order valence-electron chi connectivity index (χ0n) is 17.7. The Morgan fingerprint density at radius 1 is 1.09 bits per heavy atom. The van der Waals surface area contributed by atoms with Gasteiger partial charge in [-0.2, -0.15) is 19.2 Å². The van der Waals surface area contributed by atoms with Crippen LogP contribution in [0.3, 0.4) is 0 Å². The summed E-state index contributed by atoms with van der Waals surface area (Å²) < 4.78 is 65.2. The van der Waals surface area contributed by atoms with E-state index in [0.29, 0.717) is 17.4 Å². The van der Waals surface area contributed by atoms with Crippen LogP contribution in [-0.2, 0) is 11.5 Å². The molecule has 0 amide bonds. The van der Waals surface area contributed by atoms with Gasteiger partial charge in [-0.05, 0) is 48.5 Å². The van der Waals surface area contributed by atoms with Crippen molar-refractivity contribution in [3.05, 3.63) is 89.2 Å². The van der Waals surface area contributed by atoms with Crippen LogP contribution in [0.4, 0.5) is 17.6 Å². The minimum atomic E-state index is -4.19. The molecule has 4 rings (SSSR count). The van der Waals surface area contributed by atoms with Crippen LogP contribution >= 0.6 is 12.2 Å². The molecular weight excluding hydrogens is 486 g/mol. The van der Waals surface area contributed by atoms with Crippen molar-refractivity contribution >= 4 is 17.2 Å². The number of aliphatic hydroxyl groups is 1. The number of pyridine rings is 1. The van der Waals surface area contributed by atoms with E-state index in [1.807, 2.05) is 6.07 Å². The number of halogens is 4. The Bertz CT molecular complexity index is 1330. The largest absolute Gasteiger partial charge is 0.456 e. The average molecular weight is 501 g/mol. The second-order valence-electron chi connectivity index (χ2n) is 7.52. The number of nitrogens with zero attached hydrogens (tertiary/aromatic N) is 5. The smallest absolute Gasteiger partial charge is 0.323 e. The van der Waals surface area contributed by atoms with Crippen LogP contribution in [0.2, 0.25) is 0 Å². The number of thiocarbonyl (C=S) groups is 1. The number of alkyl halides is 2. The summed E-state index contributed by atoms with van der Waals surface area (Å²) in [4.78, 5) is 3.77. The lowest BCUT2D eigenvalue weighted by Gasteiger charge is -2.37. The molecule has 1 aromatic heterocycles. The van der Waals surface area contributed by atoms with E-state index in [2.05, 4.69) is 15.3 Å². The van der Waals surface area contributed by atoms with Crippen molar-refractivity contribution in [2.45, 2.75) is 11.5 Å². The van der Waals surface area contributed by atoms with Crippen LogP contribution in [0, 0.1) is 23.0 Å². The lowest BCUT2D eigenvalue weighted by atomic mass is 9.84. The Labute approximate surface area is 201 Å². The molecule has 7 nitrogen and oxygen atoms in total. The fraction of sp³-hybridized carbons (Fsp3) is 0.174. The third kappa shape index (κ3) is 4.68. The number of hydrogen-bond acceptors (Lipinski definition) is 7. The van der Waals surface area contributed by atoms with Gasteiger partial charge in [-0.15, -0.1) is 0 Å². The summed E-state index contributed by atoms with van der Waals surface area (Å²) in [5, 5.41) is 28.2. The van der Waals surface area contributed by atoms with E-state index in [1.54, 1.807) is 0 Å². The van der Waals surface area contributed by atoms with Gasteiger partial charge in [0.15, 0.2) is 5.60 Å². The molecule has 1 aliphatic heterocycles. The van der Waals surface area contributed by atoms with Gasteiger partial charge in [0, 0.05) is 11.6 Å². The molecular formula is C23H15F4N5O2S. The highest BCUT2D eigenvalue weighted by atomic mass is 32.1. The number of hydrogen-bond donors (Lipinski definition) is 1. The lowest BCUT2D eigenvalue weighted by Crippen LogP contribution is -2.52. The van der Waals surface area contributed by atoms with Crippen molar-refractivity contribution in [3.63, 3.8) is 0 Å². The van der Waals surface area contributed by atoms with Gasteiger partial charge in [-0.1, -0.05) is 17.4 Å². The molecule has 3 aromatic rings. The Kier molecular flexibility index (Phi) is 6.47. The molecule has 0 spiro atoms. The molecule has 0 saturated carbocycles. The summed E-state index contributed by atoms with van der Waals surface area (Å²) in [5.41, 5.74) is -4.61. The van der Waals surface area contributed by atoms with E-state index in [0.717, 1.165) is 29.4 Å². The van der Waals surface area contributed by atoms with Gasteiger partial charge >= 0.3 is 5.92 Å². The number of β-amino-alcohol motifs (C(OH)–C–C–N with tert-alkyl or cyclic N) is 1. The number of aromatic nitrogens is 1. The first-order valence-corrected chi connectivity index (χ1v) is 10.4. The summed E-state index contributed by atoms with van der Waals surface area (Å²) >= 11 is 5.03. The molecule has 2 aromatic carbocycles. The molecule has 0 radical (unpaired) electrons. The maximum atomic E-state index is 15.8. The first kappa shape index (κ1) is 24.2. The number of benzene rings is 2. The van der Waals surface area contributed by atoms with E-state index in [9.17, 15) is 13.9 Å².